The molecule has 1 unspecified atom stereocenters. The highest BCUT2D eigenvalue weighted by molar-refractivity contribution is 5.92. The van der Waals surface area contributed by atoms with Gasteiger partial charge in [-0.2, -0.15) is 26.3 Å². The third kappa shape index (κ3) is 6.51. The first kappa shape index (κ1) is 31.2. The molecule has 0 bridgehead atoms. The molecule has 2 aliphatic rings. The number of rotatable bonds is 7. The van der Waals surface area contributed by atoms with Gasteiger partial charge < -0.3 is 10.1 Å². The summed E-state index contributed by atoms with van der Waals surface area (Å²) in [5.41, 5.74) is -5.17. The van der Waals surface area contributed by atoms with Crippen molar-refractivity contribution in [1.29, 1.82) is 0 Å². The lowest BCUT2D eigenvalue weighted by Crippen LogP contribution is -2.63. The molecule has 4 rings (SSSR count). The molecule has 2 aromatic rings. The SMILES string of the molecule is CCNC(=O)C(c1cc(C(F)(F)F)cc(C(F)(F)F)c1)(c1ccccc1OC)N1CCN(C2CCCCCC2)CC1. The zero-order valence-corrected chi connectivity index (χ0v) is 23.4. The first-order valence-corrected chi connectivity index (χ1v) is 14.1. The van der Waals surface area contributed by atoms with E-state index in [9.17, 15) is 31.1 Å². The fourth-order valence-corrected chi connectivity index (χ4v) is 6.35. The molecule has 1 N–H and O–H groups in total. The number of alkyl halides is 6. The van der Waals surface area contributed by atoms with Crippen molar-refractivity contribution < 1.29 is 35.9 Å². The second-order valence-electron chi connectivity index (χ2n) is 10.7. The van der Waals surface area contributed by atoms with Gasteiger partial charge in [0, 0.05) is 44.3 Å². The van der Waals surface area contributed by atoms with Crippen LogP contribution in [0.25, 0.3) is 0 Å². The minimum absolute atomic E-state index is 0.0954. The summed E-state index contributed by atoms with van der Waals surface area (Å²) in [6.07, 6.45) is -3.42. The molecular weight excluding hydrogens is 548 g/mol. The van der Waals surface area contributed by atoms with Crippen molar-refractivity contribution in [2.45, 2.75) is 69.4 Å². The van der Waals surface area contributed by atoms with Crippen molar-refractivity contribution in [3.63, 3.8) is 0 Å². The smallest absolute Gasteiger partial charge is 0.416 e. The van der Waals surface area contributed by atoms with E-state index in [1.807, 2.05) is 0 Å². The Morgan fingerprint density at radius 3 is 1.90 bits per heavy atom. The fraction of sp³-hybridized carbons (Fsp3) is 0.567. The largest absolute Gasteiger partial charge is 0.496 e. The topological polar surface area (TPSA) is 44.8 Å². The molecule has 1 aliphatic carbocycles. The number of nitrogens with one attached hydrogen (secondary N) is 1. The Kier molecular flexibility index (Phi) is 9.58. The number of hydrogen-bond acceptors (Lipinski definition) is 4. The van der Waals surface area contributed by atoms with Crippen molar-refractivity contribution >= 4 is 5.91 Å². The Balaban J connectivity index is 1.93. The van der Waals surface area contributed by atoms with Crippen molar-refractivity contribution in [1.82, 2.24) is 15.1 Å². The van der Waals surface area contributed by atoms with Crippen LogP contribution < -0.4 is 10.1 Å². The Morgan fingerprint density at radius 1 is 0.854 bits per heavy atom. The number of amides is 1. The predicted octanol–water partition coefficient (Wildman–Crippen LogP) is 6.45. The van der Waals surface area contributed by atoms with Crippen molar-refractivity contribution in [2.24, 2.45) is 0 Å². The minimum Gasteiger partial charge on any atom is -0.496 e. The van der Waals surface area contributed by atoms with Gasteiger partial charge in [-0.1, -0.05) is 43.9 Å². The maximum Gasteiger partial charge on any atom is 0.416 e. The van der Waals surface area contributed by atoms with Crippen LogP contribution in [0.5, 0.6) is 5.75 Å². The summed E-state index contributed by atoms with van der Waals surface area (Å²) in [6, 6.07) is 8.16. The van der Waals surface area contributed by atoms with Crippen molar-refractivity contribution in [2.75, 3.05) is 39.8 Å². The van der Waals surface area contributed by atoms with Crippen LogP contribution >= 0.6 is 0 Å². The molecular formula is C30H37F6N3O2. The first-order chi connectivity index (χ1) is 19.4. The van der Waals surface area contributed by atoms with Gasteiger partial charge in [-0.05, 0) is 49.6 Å². The molecule has 1 saturated carbocycles. The first-order valence-electron chi connectivity index (χ1n) is 14.1. The van der Waals surface area contributed by atoms with Gasteiger partial charge >= 0.3 is 12.4 Å². The van der Waals surface area contributed by atoms with Crippen LogP contribution in [0, 0.1) is 0 Å². The predicted molar refractivity (Wildman–Crippen MR) is 144 cm³/mol. The second kappa shape index (κ2) is 12.6. The third-order valence-corrected chi connectivity index (χ3v) is 8.30. The van der Waals surface area contributed by atoms with E-state index in [0.29, 0.717) is 31.3 Å². The summed E-state index contributed by atoms with van der Waals surface area (Å²) < 4.78 is 89.8. The number of benzene rings is 2. The maximum absolute atomic E-state index is 14.2. The van der Waals surface area contributed by atoms with Crippen molar-refractivity contribution in [3.05, 3.63) is 64.7 Å². The zero-order chi connectivity index (χ0) is 29.8. The van der Waals surface area contributed by atoms with Gasteiger partial charge in [0.2, 0.25) is 5.91 Å². The van der Waals surface area contributed by atoms with Gasteiger partial charge in [0.1, 0.15) is 5.75 Å². The van der Waals surface area contributed by atoms with Gasteiger partial charge in [-0.25, -0.2) is 0 Å². The highest BCUT2D eigenvalue weighted by atomic mass is 19.4. The quantitative estimate of drug-likeness (QED) is 0.300. The molecule has 2 aromatic carbocycles. The lowest BCUT2D eigenvalue weighted by molar-refractivity contribution is -0.144. The molecule has 0 spiro atoms. The van der Waals surface area contributed by atoms with Gasteiger partial charge in [0.15, 0.2) is 5.54 Å². The molecule has 226 valence electrons. The summed E-state index contributed by atoms with van der Waals surface area (Å²) in [5, 5.41) is 2.72. The van der Waals surface area contributed by atoms with E-state index < -0.39 is 40.5 Å². The van der Waals surface area contributed by atoms with E-state index in [1.165, 1.54) is 20.0 Å². The number of para-hydroxylation sites is 1. The molecule has 0 aromatic heterocycles. The zero-order valence-electron chi connectivity index (χ0n) is 23.4. The van der Waals surface area contributed by atoms with Crippen LogP contribution in [0.3, 0.4) is 0 Å². The van der Waals surface area contributed by atoms with Gasteiger partial charge in [0.25, 0.3) is 0 Å². The summed E-state index contributed by atoms with van der Waals surface area (Å²) >= 11 is 0. The molecule has 1 amide bonds. The Labute approximate surface area is 236 Å². The van der Waals surface area contributed by atoms with E-state index >= 15 is 0 Å². The fourth-order valence-electron chi connectivity index (χ4n) is 6.35. The maximum atomic E-state index is 14.2. The number of nitrogens with zero attached hydrogens (tertiary/aromatic N) is 2. The molecule has 1 aliphatic heterocycles. The highest BCUT2D eigenvalue weighted by Crippen LogP contribution is 2.46. The van der Waals surface area contributed by atoms with Crippen LogP contribution in [0.4, 0.5) is 26.3 Å². The molecule has 1 saturated heterocycles. The number of carbonyl (C=O) groups is 1. The van der Waals surface area contributed by atoms with Crippen LogP contribution in [0.1, 0.15) is 67.7 Å². The van der Waals surface area contributed by atoms with E-state index in [0.717, 1.165) is 25.7 Å². The van der Waals surface area contributed by atoms with Crippen LogP contribution in [-0.4, -0.2) is 61.6 Å². The van der Waals surface area contributed by atoms with Crippen LogP contribution in [0.2, 0.25) is 0 Å². The van der Waals surface area contributed by atoms with E-state index in [2.05, 4.69) is 10.2 Å². The molecule has 2 fully saturated rings. The van der Waals surface area contributed by atoms with E-state index in [4.69, 9.17) is 4.74 Å². The number of ether oxygens (including phenoxy) is 1. The van der Waals surface area contributed by atoms with Crippen molar-refractivity contribution in [3.8, 4) is 5.75 Å². The molecule has 1 atom stereocenters. The average molecular weight is 586 g/mol. The van der Waals surface area contributed by atoms with E-state index in [-0.39, 0.29) is 37.0 Å². The monoisotopic (exact) mass is 585 g/mol. The highest BCUT2D eigenvalue weighted by Gasteiger charge is 2.51. The third-order valence-electron chi connectivity index (χ3n) is 8.30. The lowest BCUT2D eigenvalue weighted by Gasteiger charge is -2.49. The molecule has 0 radical (unpaired) electrons. The number of hydrogen-bond donors (Lipinski definition) is 1. The molecule has 41 heavy (non-hydrogen) atoms. The normalized spacial score (nSPS) is 19.8. The van der Waals surface area contributed by atoms with Crippen LogP contribution in [-0.2, 0) is 22.7 Å². The van der Waals surface area contributed by atoms with E-state index in [1.54, 1.807) is 36.1 Å². The number of methoxy groups -OCH3 is 1. The summed E-state index contributed by atoms with van der Waals surface area (Å²) in [5.74, 6) is -0.518. The lowest BCUT2D eigenvalue weighted by atomic mass is 9.77. The summed E-state index contributed by atoms with van der Waals surface area (Å²) in [4.78, 5) is 18.3. The average Bonchev–Trinajstić information content (AvgIpc) is 3.23. The van der Waals surface area contributed by atoms with Gasteiger partial charge in [-0.3, -0.25) is 14.6 Å². The number of carbonyl (C=O) groups excluding carboxylic acids is 1. The Hall–Kier alpha value is -2.79. The second-order valence-corrected chi connectivity index (χ2v) is 10.7. The molecule has 1 heterocycles. The molecule has 5 nitrogen and oxygen atoms in total. The summed E-state index contributed by atoms with van der Waals surface area (Å²) in [7, 11) is 1.36. The van der Waals surface area contributed by atoms with Crippen LogP contribution in [0.15, 0.2) is 42.5 Å². The molecule has 11 heteroatoms. The number of piperazine rings is 1. The standard InChI is InChI=1S/C30H37F6N3O2/c1-3-37-27(40)28(25-12-8-9-13-26(25)41-2,21-18-22(29(31,32)33)20-23(19-21)30(34,35)36)39-16-14-38(15-17-39)24-10-6-4-5-7-11-24/h8-9,12-13,18-20,24H,3-7,10-11,14-17H2,1-2H3,(H,37,40). The minimum atomic E-state index is -5.07. The van der Waals surface area contributed by atoms with Gasteiger partial charge in [-0.15, -0.1) is 0 Å². The number of halogens is 6. The summed E-state index contributed by atoms with van der Waals surface area (Å²) in [6.45, 7) is 3.38. The Morgan fingerprint density at radius 2 is 1.39 bits per heavy atom. The van der Waals surface area contributed by atoms with Gasteiger partial charge in [0.05, 0.1) is 18.2 Å². The number of likely N-dealkylation sites (N-methyl/N-ethyl adjacent to an activating group) is 1. The Bertz CT molecular complexity index is 1150.